The van der Waals surface area contributed by atoms with Crippen molar-refractivity contribution in [2.75, 3.05) is 13.1 Å². The van der Waals surface area contributed by atoms with Crippen molar-refractivity contribution >= 4 is 11.3 Å². The van der Waals surface area contributed by atoms with Gasteiger partial charge in [0.15, 0.2) is 0 Å². The number of piperidine rings is 1. The molecule has 2 N–H and O–H groups in total. The Morgan fingerprint density at radius 2 is 2.28 bits per heavy atom. The van der Waals surface area contributed by atoms with Gasteiger partial charge in [-0.15, -0.1) is 11.3 Å². The van der Waals surface area contributed by atoms with Gasteiger partial charge in [0.05, 0.1) is 0 Å². The zero-order valence-corrected chi connectivity index (χ0v) is 12.6. The number of nitrogens with two attached hydrogens (primary N) is 1. The summed E-state index contributed by atoms with van der Waals surface area (Å²) in [4.78, 5) is 4.17. The molecule has 0 spiro atoms. The molecule has 1 fully saturated rings. The van der Waals surface area contributed by atoms with Crippen molar-refractivity contribution in [1.82, 2.24) is 4.90 Å². The van der Waals surface area contributed by atoms with Gasteiger partial charge in [0.1, 0.15) is 0 Å². The van der Waals surface area contributed by atoms with Crippen molar-refractivity contribution in [1.29, 1.82) is 0 Å². The molecule has 3 unspecified atom stereocenters. The Kier molecular flexibility index (Phi) is 4.82. The molecule has 1 aromatic heterocycles. The van der Waals surface area contributed by atoms with Crippen LogP contribution in [0, 0.1) is 11.8 Å². The van der Waals surface area contributed by atoms with Crippen LogP contribution in [0.1, 0.15) is 44.5 Å². The lowest BCUT2D eigenvalue weighted by atomic mass is 9.88. The van der Waals surface area contributed by atoms with E-state index in [0.29, 0.717) is 23.9 Å². The highest BCUT2D eigenvalue weighted by Gasteiger charge is 2.32. The third-order valence-electron chi connectivity index (χ3n) is 4.21. The molecule has 0 radical (unpaired) electrons. The van der Waals surface area contributed by atoms with E-state index in [0.717, 1.165) is 13.0 Å². The summed E-state index contributed by atoms with van der Waals surface area (Å²) in [5.74, 6) is 1.33. The van der Waals surface area contributed by atoms with Crippen LogP contribution in [0.4, 0.5) is 0 Å². The highest BCUT2D eigenvalue weighted by molar-refractivity contribution is 7.10. The second kappa shape index (κ2) is 6.18. The maximum Gasteiger partial charge on any atom is 0.0464 e. The lowest BCUT2D eigenvalue weighted by molar-refractivity contribution is 0.0841. The fraction of sp³-hybridized carbons (Fsp3) is 0.733. The van der Waals surface area contributed by atoms with Gasteiger partial charge >= 0.3 is 0 Å². The quantitative estimate of drug-likeness (QED) is 0.903. The SMILES string of the molecule is CCC1CN(C(c2cccs2)C(C)C)CCC1N. The summed E-state index contributed by atoms with van der Waals surface area (Å²) in [6, 6.07) is 5.43. The van der Waals surface area contributed by atoms with Crippen molar-refractivity contribution in [3.8, 4) is 0 Å². The summed E-state index contributed by atoms with van der Waals surface area (Å²) >= 11 is 1.89. The molecule has 18 heavy (non-hydrogen) atoms. The monoisotopic (exact) mass is 266 g/mol. The van der Waals surface area contributed by atoms with Crippen LogP contribution in [0.25, 0.3) is 0 Å². The van der Waals surface area contributed by atoms with Crippen molar-refractivity contribution < 1.29 is 0 Å². The highest BCUT2D eigenvalue weighted by atomic mass is 32.1. The molecule has 3 heteroatoms. The summed E-state index contributed by atoms with van der Waals surface area (Å²) in [5.41, 5.74) is 6.22. The average molecular weight is 266 g/mol. The minimum atomic E-state index is 0.405. The standard InChI is InChI=1S/C15H26N2S/c1-4-12-10-17(8-7-13(12)16)15(11(2)3)14-6-5-9-18-14/h5-6,9,11-13,15H,4,7-8,10,16H2,1-3H3. The van der Waals surface area contributed by atoms with Crippen LogP contribution in [-0.4, -0.2) is 24.0 Å². The summed E-state index contributed by atoms with van der Waals surface area (Å²) in [5, 5.41) is 2.19. The van der Waals surface area contributed by atoms with E-state index in [-0.39, 0.29) is 0 Å². The Hall–Kier alpha value is -0.380. The Balaban J connectivity index is 2.12. The predicted octanol–water partition coefficient (Wildman–Crippen LogP) is 3.50. The fourth-order valence-electron chi connectivity index (χ4n) is 3.15. The molecule has 2 rings (SSSR count). The van der Waals surface area contributed by atoms with Crippen molar-refractivity contribution in [2.24, 2.45) is 17.6 Å². The first-order chi connectivity index (χ1) is 8.63. The van der Waals surface area contributed by atoms with Gasteiger partial charge in [0.25, 0.3) is 0 Å². The van der Waals surface area contributed by atoms with Crippen molar-refractivity contribution in [3.63, 3.8) is 0 Å². The van der Waals surface area contributed by atoms with Gasteiger partial charge < -0.3 is 5.73 Å². The number of nitrogens with zero attached hydrogens (tertiary/aromatic N) is 1. The third kappa shape index (κ3) is 2.95. The fourth-order valence-corrected chi connectivity index (χ4v) is 4.18. The lowest BCUT2D eigenvalue weighted by Crippen LogP contribution is -2.48. The van der Waals surface area contributed by atoms with Crippen LogP contribution in [-0.2, 0) is 0 Å². The molecule has 0 amide bonds. The lowest BCUT2D eigenvalue weighted by Gasteiger charge is -2.42. The van der Waals surface area contributed by atoms with Crippen LogP contribution < -0.4 is 5.73 Å². The second-order valence-corrected chi connectivity index (χ2v) is 6.80. The first kappa shape index (κ1) is 14.0. The second-order valence-electron chi connectivity index (χ2n) is 5.82. The first-order valence-electron chi connectivity index (χ1n) is 7.16. The molecule has 0 bridgehead atoms. The molecular weight excluding hydrogens is 240 g/mol. The predicted molar refractivity (Wildman–Crippen MR) is 79.8 cm³/mol. The number of rotatable bonds is 4. The Bertz CT molecular complexity index is 347. The van der Waals surface area contributed by atoms with Gasteiger partial charge in [-0.05, 0) is 29.7 Å². The van der Waals surface area contributed by atoms with E-state index in [4.69, 9.17) is 5.73 Å². The molecule has 0 aliphatic carbocycles. The number of likely N-dealkylation sites (tertiary alicyclic amines) is 1. The number of hydrogen-bond donors (Lipinski definition) is 1. The van der Waals surface area contributed by atoms with Gasteiger partial charge in [0, 0.05) is 30.1 Å². The number of thiophene rings is 1. The molecule has 1 aliphatic heterocycles. The van der Waals surface area contributed by atoms with Crippen molar-refractivity contribution in [3.05, 3.63) is 22.4 Å². The maximum atomic E-state index is 6.22. The van der Waals surface area contributed by atoms with E-state index in [2.05, 4.69) is 43.2 Å². The summed E-state index contributed by atoms with van der Waals surface area (Å²) in [6.07, 6.45) is 2.35. The highest BCUT2D eigenvalue weighted by Crippen LogP contribution is 2.35. The van der Waals surface area contributed by atoms with Crippen LogP contribution in [0.15, 0.2) is 17.5 Å². The first-order valence-corrected chi connectivity index (χ1v) is 8.04. The van der Waals surface area contributed by atoms with E-state index >= 15 is 0 Å². The van der Waals surface area contributed by atoms with E-state index in [1.54, 1.807) is 0 Å². The summed E-state index contributed by atoms with van der Waals surface area (Å²) in [6.45, 7) is 9.25. The van der Waals surface area contributed by atoms with Crippen LogP contribution in [0.5, 0.6) is 0 Å². The van der Waals surface area contributed by atoms with Crippen LogP contribution >= 0.6 is 11.3 Å². The number of hydrogen-bond acceptors (Lipinski definition) is 3. The molecule has 2 heterocycles. The zero-order chi connectivity index (χ0) is 13.1. The zero-order valence-electron chi connectivity index (χ0n) is 11.8. The molecule has 0 aromatic carbocycles. The molecular formula is C15H26N2S. The topological polar surface area (TPSA) is 29.3 Å². The molecule has 1 aliphatic rings. The largest absolute Gasteiger partial charge is 0.327 e. The summed E-state index contributed by atoms with van der Waals surface area (Å²) < 4.78 is 0. The molecule has 0 saturated carbocycles. The van der Waals surface area contributed by atoms with E-state index in [9.17, 15) is 0 Å². The average Bonchev–Trinajstić information content (AvgIpc) is 2.84. The Morgan fingerprint density at radius 3 is 2.83 bits per heavy atom. The molecule has 2 nitrogen and oxygen atoms in total. The van der Waals surface area contributed by atoms with Gasteiger partial charge in [-0.25, -0.2) is 0 Å². The smallest absolute Gasteiger partial charge is 0.0464 e. The minimum absolute atomic E-state index is 0.405. The molecule has 3 atom stereocenters. The van der Waals surface area contributed by atoms with Gasteiger partial charge in [-0.3, -0.25) is 4.90 Å². The Morgan fingerprint density at radius 1 is 1.50 bits per heavy atom. The van der Waals surface area contributed by atoms with E-state index in [1.165, 1.54) is 17.8 Å². The van der Waals surface area contributed by atoms with E-state index in [1.807, 2.05) is 11.3 Å². The normalized spacial score (nSPS) is 27.6. The van der Waals surface area contributed by atoms with Crippen LogP contribution in [0.2, 0.25) is 0 Å². The molecule has 1 saturated heterocycles. The van der Waals surface area contributed by atoms with Crippen molar-refractivity contribution in [2.45, 2.75) is 45.7 Å². The van der Waals surface area contributed by atoms with Gasteiger partial charge in [0.2, 0.25) is 0 Å². The Labute approximate surface area is 115 Å². The summed E-state index contributed by atoms with van der Waals surface area (Å²) in [7, 11) is 0. The molecule has 1 aromatic rings. The third-order valence-corrected chi connectivity index (χ3v) is 5.15. The van der Waals surface area contributed by atoms with Gasteiger partial charge in [-0.2, -0.15) is 0 Å². The van der Waals surface area contributed by atoms with Gasteiger partial charge in [-0.1, -0.05) is 33.3 Å². The maximum absolute atomic E-state index is 6.22. The minimum Gasteiger partial charge on any atom is -0.327 e. The van der Waals surface area contributed by atoms with Crippen LogP contribution in [0.3, 0.4) is 0 Å². The van der Waals surface area contributed by atoms with E-state index < -0.39 is 0 Å². The molecule has 102 valence electrons.